The Morgan fingerprint density at radius 1 is 1.57 bits per heavy atom. The molecule has 2 N–H and O–H groups in total. The van der Waals surface area contributed by atoms with Crippen molar-refractivity contribution >= 4 is 16.7 Å². The molecule has 1 aliphatic heterocycles. The molecule has 1 heterocycles. The molecule has 1 saturated heterocycles. The lowest BCUT2D eigenvalue weighted by molar-refractivity contribution is -0.119. The maximum atomic E-state index is 11.3. The zero-order chi connectivity index (χ0) is 10.4. The number of carbonyl (C=O) groups excluding carboxylic acids is 1. The lowest BCUT2D eigenvalue weighted by Crippen LogP contribution is -2.42. The van der Waals surface area contributed by atoms with Crippen LogP contribution in [0.3, 0.4) is 0 Å². The van der Waals surface area contributed by atoms with E-state index in [-0.39, 0.29) is 17.7 Å². The van der Waals surface area contributed by atoms with Crippen LogP contribution in [0.2, 0.25) is 0 Å². The number of hydrogen-bond donors (Lipinski definition) is 2. The van der Waals surface area contributed by atoms with E-state index >= 15 is 0 Å². The predicted octanol–water partition coefficient (Wildman–Crippen LogP) is -0.377. The molecule has 1 aliphatic rings. The quantitative estimate of drug-likeness (QED) is 0.679. The summed E-state index contributed by atoms with van der Waals surface area (Å²) in [6.07, 6.45) is 4.89. The van der Waals surface area contributed by atoms with E-state index in [0.717, 1.165) is 25.9 Å². The summed E-state index contributed by atoms with van der Waals surface area (Å²) in [4.78, 5) is 11.3. The van der Waals surface area contributed by atoms with Crippen LogP contribution < -0.4 is 10.6 Å². The first-order valence-electron chi connectivity index (χ1n) is 4.98. The highest BCUT2D eigenvalue weighted by atomic mass is 32.2. The molecule has 2 unspecified atom stereocenters. The molecule has 0 spiro atoms. The molecule has 4 nitrogen and oxygen atoms in total. The molecular formula is C9H18N2O2S. The summed E-state index contributed by atoms with van der Waals surface area (Å²) in [6.45, 7) is 1.87. The van der Waals surface area contributed by atoms with E-state index in [1.807, 2.05) is 0 Å². The second-order valence-electron chi connectivity index (χ2n) is 3.68. The van der Waals surface area contributed by atoms with Crippen molar-refractivity contribution in [2.75, 3.05) is 25.1 Å². The number of nitrogens with one attached hydrogen (secondary N) is 2. The largest absolute Gasteiger partial charge is 0.351 e. The summed E-state index contributed by atoms with van der Waals surface area (Å²) in [5, 5.41) is 6.16. The second-order valence-corrected chi connectivity index (χ2v) is 5.12. The normalized spacial score (nSPS) is 25.1. The number of rotatable bonds is 3. The van der Waals surface area contributed by atoms with Gasteiger partial charge in [-0.2, -0.15) is 0 Å². The highest BCUT2D eigenvalue weighted by Crippen LogP contribution is 2.03. The fraction of sp³-hybridized carbons (Fsp3) is 0.889. The van der Waals surface area contributed by atoms with Gasteiger partial charge in [0.25, 0.3) is 0 Å². The minimum absolute atomic E-state index is 0.0977. The second kappa shape index (κ2) is 6.14. The van der Waals surface area contributed by atoms with Gasteiger partial charge >= 0.3 is 0 Å². The fourth-order valence-corrected chi connectivity index (χ4v) is 2.05. The van der Waals surface area contributed by atoms with Crippen LogP contribution in [0, 0.1) is 0 Å². The van der Waals surface area contributed by atoms with Gasteiger partial charge in [0.1, 0.15) is 5.75 Å². The van der Waals surface area contributed by atoms with Gasteiger partial charge in [-0.3, -0.25) is 9.00 Å². The average Bonchev–Trinajstić information content (AvgIpc) is 2.31. The third-order valence-electron chi connectivity index (χ3n) is 2.25. The van der Waals surface area contributed by atoms with Crippen molar-refractivity contribution in [2.45, 2.75) is 25.3 Å². The molecule has 1 amide bonds. The summed E-state index contributed by atoms with van der Waals surface area (Å²) < 4.78 is 10.8. The van der Waals surface area contributed by atoms with Gasteiger partial charge in [-0.25, -0.2) is 0 Å². The summed E-state index contributed by atoms with van der Waals surface area (Å²) in [7, 11) is -1.04. The van der Waals surface area contributed by atoms with E-state index in [2.05, 4.69) is 10.6 Å². The standard InChI is InChI=1S/C9H18N2O2S/c1-14(13)7-9(12)11-8-4-2-3-5-10-6-8/h8,10H,2-7H2,1H3,(H,11,12). The Labute approximate surface area is 87.3 Å². The van der Waals surface area contributed by atoms with Crippen molar-refractivity contribution in [1.29, 1.82) is 0 Å². The zero-order valence-electron chi connectivity index (χ0n) is 8.54. The van der Waals surface area contributed by atoms with Gasteiger partial charge in [0.05, 0.1) is 0 Å². The SMILES string of the molecule is CS(=O)CC(=O)NC1CCCCNC1. The molecule has 5 heteroatoms. The van der Waals surface area contributed by atoms with Crippen LogP contribution >= 0.6 is 0 Å². The van der Waals surface area contributed by atoms with Crippen LogP contribution in [0.4, 0.5) is 0 Å². The Morgan fingerprint density at radius 2 is 2.36 bits per heavy atom. The molecule has 0 saturated carbocycles. The molecule has 0 aromatic heterocycles. The monoisotopic (exact) mass is 218 g/mol. The van der Waals surface area contributed by atoms with Crippen LogP contribution in [0.1, 0.15) is 19.3 Å². The molecule has 2 atom stereocenters. The molecule has 1 fully saturated rings. The van der Waals surface area contributed by atoms with E-state index in [4.69, 9.17) is 0 Å². The Kier molecular flexibility index (Phi) is 5.11. The van der Waals surface area contributed by atoms with E-state index in [0.29, 0.717) is 0 Å². The van der Waals surface area contributed by atoms with Crippen LogP contribution in [0.15, 0.2) is 0 Å². The number of hydrogen-bond acceptors (Lipinski definition) is 3. The van der Waals surface area contributed by atoms with Crippen LogP contribution in [0.25, 0.3) is 0 Å². The van der Waals surface area contributed by atoms with Crippen LogP contribution in [-0.2, 0) is 15.6 Å². The van der Waals surface area contributed by atoms with E-state index < -0.39 is 10.8 Å². The van der Waals surface area contributed by atoms with Crippen LogP contribution in [0.5, 0.6) is 0 Å². The number of amides is 1. The first kappa shape index (κ1) is 11.7. The lowest BCUT2D eigenvalue weighted by Gasteiger charge is -2.15. The summed E-state index contributed by atoms with van der Waals surface area (Å²) in [5.74, 6) is 0.0239. The maximum Gasteiger partial charge on any atom is 0.232 e. The molecule has 0 aromatic rings. The molecule has 0 radical (unpaired) electrons. The molecule has 82 valence electrons. The van der Waals surface area contributed by atoms with Gasteiger partial charge in [-0.15, -0.1) is 0 Å². The van der Waals surface area contributed by atoms with E-state index in [9.17, 15) is 9.00 Å². The number of carbonyl (C=O) groups is 1. The smallest absolute Gasteiger partial charge is 0.232 e. The average molecular weight is 218 g/mol. The Morgan fingerprint density at radius 3 is 3.07 bits per heavy atom. The van der Waals surface area contributed by atoms with E-state index in [1.54, 1.807) is 6.26 Å². The Bertz CT molecular complexity index is 213. The zero-order valence-corrected chi connectivity index (χ0v) is 9.36. The molecule has 0 aromatic carbocycles. The van der Waals surface area contributed by atoms with E-state index in [1.165, 1.54) is 6.42 Å². The highest BCUT2D eigenvalue weighted by Gasteiger charge is 2.14. The highest BCUT2D eigenvalue weighted by molar-refractivity contribution is 7.85. The lowest BCUT2D eigenvalue weighted by atomic mass is 10.1. The first-order chi connectivity index (χ1) is 6.68. The van der Waals surface area contributed by atoms with Crippen molar-refractivity contribution in [3.8, 4) is 0 Å². The Balaban J connectivity index is 2.27. The summed E-state index contributed by atoms with van der Waals surface area (Å²) in [6, 6.07) is 0.216. The maximum absolute atomic E-state index is 11.3. The third-order valence-corrected chi connectivity index (χ3v) is 2.92. The van der Waals surface area contributed by atoms with Gasteiger partial charge in [-0.05, 0) is 19.4 Å². The van der Waals surface area contributed by atoms with Crippen molar-refractivity contribution < 1.29 is 9.00 Å². The van der Waals surface area contributed by atoms with Gasteiger partial charge in [0, 0.05) is 29.6 Å². The van der Waals surface area contributed by atoms with Crippen molar-refractivity contribution in [2.24, 2.45) is 0 Å². The molecular weight excluding hydrogens is 200 g/mol. The van der Waals surface area contributed by atoms with Crippen LogP contribution in [-0.4, -0.2) is 41.3 Å². The van der Waals surface area contributed by atoms with Gasteiger partial charge in [-0.1, -0.05) is 6.42 Å². The molecule has 1 rings (SSSR count). The molecule has 14 heavy (non-hydrogen) atoms. The summed E-state index contributed by atoms with van der Waals surface area (Å²) in [5.41, 5.74) is 0. The van der Waals surface area contributed by atoms with Crippen molar-refractivity contribution in [1.82, 2.24) is 10.6 Å². The van der Waals surface area contributed by atoms with Gasteiger partial charge < -0.3 is 10.6 Å². The Hall–Kier alpha value is -0.420. The van der Waals surface area contributed by atoms with Crippen molar-refractivity contribution in [3.63, 3.8) is 0 Å². The molecule has 0 bridgehead atoms. The van der Waals surface area contributed by atoms with Crippen molar-refractivity contribution in [3.05, 3.63) is 0 Å². The summed E-state index contributed by atoms with van der Waals surface area (Å²) >= 11 is 0. The fourth-order valence-electron chi connectivity index (χ4n) is 1.60. The molecule has 0 aliphatic carbocycles. The minimum atomic E-state index is -1.04. The first-order valence-corrected chi connectivity index (χ1v) is 6.71. The topological polar surface area (TPSA) is 58.2 Å². The van der Waals surface area contributed by atoms with Gasteiger partial charge in [0.2, 0.25) is 5.91 Å². The third kappa shape index (κ3) is 4.72. The minimum Gasteiger partial charge on any atom is -0.351 e. The predicted molar refractivity (Wildman–Crippen MR) is 57.6 cm³/mol. The van der Waals surface area contributed by atoms with Gasteiger partial charge in [0.15, 0.2) is 0 Å².